The molecule has 1 N–H and O–H groups in total. The quantitative estimate of drug-likeness (QED) is 0.192. The number of hydrogen-bond acceptors (Lipinski definition) is 5. The van der Waals surface area contributed by atoms with Gasteiger partial charge >= 0.3 is 0 Å². The van der Waals surface area contributed by atoms with Crippen LogP contribution in [0.3, 0.4) is 0 Å². The van der Waals surface area contributed by atoms with Gasteiger partial charge in [-0.15, -0.1) is 11.3 Å². The number of benzene rings is 10. The van der Waals surface area contributed by atoms with Crippen molar-refractivity contribution in [2.75, 3.05) is 4.90 Å². The fourth-order valence-electron chi connectivity index (χ4n) is 11.2. The van der Waals surface area contributed by atoms with Gasteiger partial charge in [0.15, 0.2) is 5.84 Å². The molecule has 0 fully saturated rings. The summed E-state index contributed by atoms with van der Waals surface area (Å²) in [6.45, 7) is 0. The molecule has 0 bridgehead atoms. The van der Waals surface area contributed by atoms with Gasteiger partial charge in [0.25, 0.3) is 0 Å². The molecule has 5 heteroatoms. The minimum atomic E-state index is -0.449. The van der Waals surface area contributed by atoms with Crippen molar-refractivity contribution in [1.29, 1.82) is 0 Å². The Morgan fingerprint density at radius 2 is 0.985 bits per heavy atom. The van der Waals surface area contributed by atoms with Gasteiger partial charge in [-0.1, -0.05) is 170 Å². The highest BCUT2D eigenvalue weighted by molar-refractivity contribution is 7.25. The third-order valence-corrected chi connectivity index (χ3v) is 15.1. The molecule has 0 saturated heterocycles. The van der Waals surface area contributed by atoms with E-state index in [-0.39, 0.29) is 6.17 Å². The van der Waals surface area contributed by atoms with Crippen LogP contribution in [0.5, 0.6) is 0 Å². The van der Waals surface area contributed by atoms with Crippen LogP contribution in [0.1, 0.15) is 45.1 Å². The van der Waals surface area contributed by atoms with Crippen molar-refractivity contribution in [2.45, 2.75) is 11.6 Å². The van der Waals surface area contributed by atoms with Crippen LogP contribution in [-0.2, 0) is 5.41 Å². The van der Waals surface area contributed by atoms with E-state index in [0.717, 1.165) is 33.6 Å². The number of nitrogens with zero attached hydrogens (tertiary/aromatic N) is 3. The second-order valence-electron chi connectivity index (χ2n) is 17.3. The first-order chi connectivity index (χ1) is 32.2. The molecule has 0 amide bonds. The van der Waals surface area contributed by atoms with Crippen molar-refractivity contribution < 1.29 is 0 Å². The number of para-hydroxylation sites is 2. The Hall–Kier alpha value is -8.12. The van der Waals surface area contributed by atoms with E-state index in [1.54, 1.807) is 0 Å². The molecule has 1 aliphatic carbocycles. The van der Waals surface area contributed by atoms with Crippen molar-refractivity contribution in [1.82, 2.24) is 5.32 Å². The average molecular weight is 847 g/mol. The van der Waals surface area contributed by atoms with Gasteiger partial charge < -0.3 is 10.2 Å². The molecule has 3 heterocycles. The van der Waals surface area contributed by atoms with E-state index in [1.165, 1.54) is 81.1 Å². The molecular weight excluding hydrogens is 809 g/mol. The summed E-state index contributed by atoms with van der Waals surface area (Å²) in [5, 5.41) is 10.9. The molecule has 1 spiro atoms. The van der Waals surface area contributed by atoms with Gasteiger partial charge in [0.2, 0.25) is 0 Å². The fourth-order valence-corrected chi connectivity index (χ4v) is 12.2. The third kappa shape index (κ3) is 5.24. The molecule has 0 saturated carbocycles. The highest BCUT2D eigenvalue weighted by Crippen LogP contribution is 2.63. The monoisotopic (exact) mass is 846 g/mol. The molecule has 65 heavy (non-hydrogen) atoms. The largest absolute Gasteiger partial charge is 0.344 e. The first-order valence-electron chi connectivity index (χ1n) is 22.3. The van der Waals surface area contributed by atoms with Crippen molar-refractivity contribution in [3.63, 3.8) is 0 Å². The Balaban J connectivity index is 0.942. The van der Waals surface area contributed by atoms with E-state index in [2.05, 4.69) is 229 Å². The number of thiophene rings is 1. The Kier molecular flexibility index (Phi) is 7.80. The van der Waals surface area contributed by atoms with Crippen LogP contribution in [0.2, 0.25) is 0 Å². The molecule has 4 nitrogen and oxygen atoms in total. The highest BCUT2D eigenvalue weighted by Gasteiger charge is 2.51. The lowest BCUT2D eigenvalue weighted by atomic mass is 9.64. The first-order valence-corrected chi connectivity index (χ1v) is 23.1. The second-order valence-corrected chi connectivity index (χ2v) is 18.3. The normalized spacial score (nSPS) is 15.6. The maximum absolute atomic E-state index is 5.42. The number of anilines is 3. The van der Waals surface area contributed by atoms with E-state index in [9.17, 15) is 0 Å². The maximum atomic E-state index is 5.42. The minimum absolute atomic E-state index is 0.342. The van der Waals surface area contributed by atoms with Crippen LogP contribution < -0.4 is 10.2 Å². The zero-order valence-corrected chi connectivity index (χ0v) is 35.9. The van der Waals surface area contributed by atoms with Crippen LogP contribution in [0.15, 0.2) is 228 Å². The summed E-state index contributed by atoms with van der Waals surface area (Å²) in [4.78, 5) is 13.3. The predicted octanol–water partition coefficient (Wildman–Crippen LogP) is 15.0. The van der Waals surface area contributed by atoms with E-state index < -0.39 is 5.41 Å². The number of nitrogens with one attached hydrogen (secondary N) is 1. The summed E-state index contributed by atoms with van der Waals surface area (Å²) in [7, 11) is 0. The van der Waals surface area contributed by atoms with Gasteiger partial charge in [-0.25, -0.2) is 9.98 Å². The Bertz CT molecular complexity index is 3750. The standard InChI is InChI=1S/C60H38N4S/c1-3-19-41-37(15-1)17-13-23-45(41)58-61-57(62-59(63-58)46-24-14-18-38-16-2-4-20-42(38)46)39-31-33-55-47(35-39)48-36-40(32-34-56(48)65-55)64-53-29-11-9-27-51(53)60(52-28-10-12-30-54(52)64)49-25-7-5-21-43(49)44-22-6-8-26-50(44)60/h1-36,58H,(H,61,62,63). The fraction of sp³-hybridized carbons (Fsp3) is 0.0333. The Morgan fingerprint density at radius 3 is 1.71 bits per heavy atom. The number of aliphatic imine (C=N–C) groups is 2. The van der Waals surface area contributed by atoms with Crippen molar-refractivity contribution in [3.8, 4) is 11.1 Å². The van der Waals surface area contributed by atoms with E-state index in [4.69, 9.17) is 9.98 Å². The smallest absolute Gasteiger partial charge is 0.159 e. The third-order valence-electron chi connectivity index (χ3n) is 13.9. The lowest BCUT2D eigenvalue weighted by Gasteiger charge is -2.45. The van der Waals surface area contributed by atoms with Crippen LogP contribution in [0, 0.1) is 0 Å². The van der Waals surface area contributed by atoms with Gasteiger partial charge in [0.05, 0.1) is 16.8 Å². The average Bonchev–Trinajstić information content (AvgIpc) is 3.89. The van der Waals surface area contributed by atoms with Crippen LogP contribution in [0.25, 0.3) is 52.8 Å². The summed E-state index contributed by atoms with van der Waals surface area (Å²) in [5.74, 6) is 1.53. The summed E-state index contributed by atoms with van der Waals surface area (Å²) in [6.07, 6.45) is -0.342. The Morgan fingerprint density at radius 1 is 0.446 bits per heavy atom. The molecule has 2 aliphatic heterocycles. The Labute approximate surface area is 380 Å². The summed E-state index contributed by atoms with van der Waals surface area (Å²) in [5.41, 5.74) is 14.1. The highest BCUT2D eigenvalue weighted by atomic mass is 32.1. The number of amidine groups is 2. The molecule has 11 aromatic rings. The summed E-state index contributed by atoms with van der Waals surface area (Å²) >= 11 is 1.83. The van der Waals surface area contributed by atoms with Gasteiger partial charge in [-0.3, -0.25) is 0 Å². The second kappa shape index (κ2) is 13.9. The van der Waals surface area contributed by atoms with Crippen LogP contribution >= 0.6 is 11.3 Å². The molecule has 1 unspecified atom stereocenters. The summed E-state index contributed by atoms with van der Waals surface area (Å²) < 4.78 is 2.48. The van der Waals surface area contributed by atoms with Gasteiger partial charge in [0.1, 0.15) is 12.0 Å². The van der Waals surface area contributed by atoms with E-state index >= 15 is 0 Å². The maximum Gasteiger partial charge on any atom is 0.159 e. The van der Waals surface area contributed by atoms with Gasteiger partial charge in [0, 0.05) is 42.6 Å². The predicted molar refractivity (Wildman–Crippen MR) is 272 cm³/mol. The first kappa shape index (κ1) is 36.4. The van der Waals surface area contributed by atoms with Crippen molar-refractivity contribution >= 4 is 81.8 Å². The zero-order valence-electron chi connectivity index (χ0n) is 35.1. The van der Waals surface area contributed by atoms with E-state index in [0.29, 0.717) is 5.84 Å². The number of rotatable bonds is 4. The van der Waals surface area contributed by atoms with Gasteiger partial charge in [-0.05, 0) is 103 Å². The molecule has 10 aromatic carbocycles. The van der Waals surface area contributed by atoms with Crippen molar-refractivity contribution in [2.24, 2.45) is 9.98 Å². The zero-order chi connectivity index (χ0) is 42.6. The summed E-state index contributed by atoms with van der Waals surface area (Å²) in [6, 6.07) is 79.9. The molecule has 304 valence electrons. The number of fused-ring (bicyclic) bond motifs is 14. The molecule has 14 rings (SSSR count). The topological polar surface area (TPSA) is 40.0 Å². The lowest BCUT2D eigenvalue weighted by molar-refractivity contribution is 0.680. The lowest BCUT2D eigenvalue weighted by Crippen LogP contribution is -2.36. The molecular formula is C60H38N4S. The minimum Gasteiger partial charge on any atom is -0.344 e. The SMILES string of the molecule is c1ccc2c(c1)-c1ccccc1C21c2ccccc2N(c2ccc3sc4ccc(C5=NC(c6cccc7ccccc67)NC(c6cccc7ccccc67)=N5)cc4c3c2)c2ccccc21. The van der Waals surface area contributed by atoms with E-state index in [1.807, 2.05) is 11.3 Å². The van der Waals surface area contributed by atoms with Crippen LogP contribution in [0.4, 0.5) is 17.1 Å². The van der Waals surface area contributed by atoms with Crippen molar-refractivity contribution in [3.05, 3.63) is 257 Å². The number of hydrogen-bond donors (Lipinski definition) is 1. The molecule has 1 atom stereocenters. The van der Waals surface area contributed by atoms with Crippen LogP contribution in [-0.4, -0.2) is 11.7 Å². The van der Waals surface area contributed by atoms with Gasteiger partial charge in [-0.2, -0.15) is 0 Å². The molecule has 3 aliphatic rings. The molecule has 0 radical (unpaired) electrons. The molecule has 1 aromatic heterocycles.